The summed E-state index contributed by atoms with van der Waals surface area (Å²) in [6, 6.07) is 50.8. The third-order valence-corrected chi connectivity index (χ3v) is 8.93. The van der Waals surface area contributed by atoms with Gasteiger partial charge in [-0.15, -0.1) is 0 Å². The molecule has 0 radical (unpaired) electrons. The Morgan fingerprint density at radius 3 is 1.43 bits per heavy atom. The van der Waals surface area contributed by atoms with Crippen LogP contribution in [-0.2, 0) is 0 Å². The van der Waals surface area contributed by atoms with Crippen molar-refractivity contribution in [1.29, 1.82) is 10.5 Å². The minimum atomic E-state index is 0.451. The highest BCUT2D eigenvalue weighted by Gasteiger charge is 2.23. The van der Waals surface area contributed by atoms with E-state index in [9.17, 15) is 10.5 Å². The Kier molecular flexibility index (Phi) is 5.00. The Hall–Kier alpha value is -6.36. The minimum absolute atomic E-state index is 0.451. The summed E-state index contributed by atoms with van der Waals surface area (Å²) in [5.74, 6) is 0. The van der Waals surface area contributed by atoms with E-state index in [0.29, 0.717) is 16.8 Å². The third kappa shape index (κ3) is 3.25. The van der Waals surface area contributed by atoms with Gasteiger partial charge >= 0.3 is 0 Å². The number of para-hydroxylation sites is 2. The molecule has 2 heterocycles. The predicted molar refractivity (Wildman–Crippen MR) is 180 cm³/mol. The predicted octanol–water partition coefficient (Wildman–Crippen LogP) is 9.93. The van der Waals surface area contributed by atoms with Gasteiger partial charge in [0.05, 0.1) is 39.0 Å². The first-order chi connectivity index (χ1) is 21.7. The van der Waals surface area contributed by atoms with Gasteiger partial charge in [0.15, 0.2) is 0 Å². The zero-order chi connectivity index (χ0) is 29.4. The molecule has 9 aromatic rings. The Labute approximate surface area is 252 Å². The van der Waals surface area contributed by atoms with Crippen LogP contribution in [0.15, 0.2) is 133 Å². The van der Waals surface area contributed by atoms with Crippen molar-refractivity contribution in [2.45, 2.75) is 0 Å². The van der Waals surface area contributed by atoms with Crippen LogP contribution in [-0.4, -0.2) is 9.13 Å². The summed E-state index contributed by atoms with van der Waals surface area (Å²) in [6.07, 6.45) is 0. The second-order valence-electron chi connectivity index (χ2n) is 11.2. The number of hydrogen-bond donors (Lipinski definition) is 0. The maximum Gasteiger partial charge on any atom is 0.104 e. The second kappa shape index (κ2) is 9.07. The molecule has 7 aromatic carbocycles. The molecule has 0 spiro atoms. The van der Waals surface area contributed by atoms with E-state index < -0.39 is 0 Å². The lowest BCUT2D eigenvalue weighted by molar-refractivity contribution is 1.11. The highest BCUT2D eigenvalue weighted by molar-refractivity contribution is 6.15. The molecule has 0 atom stereocenters. The monoisotopic (exact) mass is 558 g/mol. The summed E-state index contributed by atoms with van der Waals surface area (Å²) in [5, 5.41) is 30.4. The van der Waals surface area contributed by atoms with Crippen LogP contribution in [0.25, 0.3) is 76.5 Å². The van der Waals surface area contributed by atoms with Crippen molar-refractivity contribution >= 4 is 65.2 Å². The lowest BCUT2D eigenvalue weighted by Crippen LogP contribution is -2.06. The largest absolute Gasteiger partial charge is 0.308 e. The second-order valence-corrected chi connectivity index (χ2v) is 11.2. The van der Waals surface area contributed by atoms with Crippen molar-refractivity contribution in [3.63, 3.8) is 0 Å². The van der Waals surface area contributed by atoms with Gasteiger partial charge in [-0.1, -0.05) is 84.9 Å². The van der Waals surface area contributed by atoms with Crippen LogP contribution < -0.4 is 0 Å². The summed E-state index contributed by atoms with van der Waals surface area (Å²) in [6.45, 7) is 0. The lowest BCUT2D eigenvalue weighted by Gasteiger charge is -2.17. The van der Waals surface area contributed by atoms with Crippen molar-refractivity contribution in [2.75, 3.05) is 0 Å². The van der Waals surface area contributed by atoms with E-state index in [1.807, 2.05) is 48.5 Å². The summed E-state index contributed by atoms with van der Waals surface area (Å²) >= 11 is 0. The van der Waals surface area contributed by atoms with Crippen LogP contribution in [0.3, 0.4) is 0 Å². The average molecular weight is 559 g/mol. The van der Waals surface area contributed by atoms with Crippen LogP contribution in [0.1, 0.15) is 11.1 Å². The fourth-order valence-corrected chi connectivity index (χ4v) is 7.01. The Bertz CT molecular complexity index is 2740. The number of hydrogen-bond acceptors (Lipinski definition) is 2. The fourth-order valence-electron chi connectivity index (χ4n) is 7.01. The molecule has 0 N–H and O–H groups in total. The minimum Gasteiger partial charge on any atom is -0.308 e. The van der Waals surface area contributed by atoms with Gasteiger partial charge in [0.25, 0.3) is 0 Å². The van der Waals surface area contributed by atoms with E-state index in [-0.39, 0.29) is 0 Å². The van der Waals surface area contributed by atoms with Crippen LogP contribution in [0, 0.1) is 22.7 Å². The maximum atomic E-state index is 11.0. The van der Waals surface area contributed by atoms with Gasteiger partial charge in [0.1, 0.15) is 17.7 Å². The molecule has 0 bridgehead atoms. The summed E-state index contributed by atoms with van der Waals surface area (Å²) < 4.78 is 4.30. The SMILES string of the molecule is N#Cc1ccc(-n2c3ccccc3c3cc4ccccc4cc32)c(C#N)c1-n1c2ccccc2c2cc3ccccc3cc21. The van der Waals surface area contributed by atoms with E-state index in [1.165, 1.54) is 5.39 Å². The van der Waals surface area contributed by atoms with E-state index in [0.717, 1.165) is 65.5 Å². The van der Waals surface area contributed by atoms with E-state index in [2.05, 4.69) is 106 Å². The molecule has 0 aliphatic carbocycles. The van der Waals surface area contributed by atoms with E-state index >= 15 is 0 Å². The molecule has 0 aliphatic heterocycles. The zero-order valence-corrected chi connectivity index (χ0v) is 23.5. The number of rotatable bonds is 2. The molecule has 0 saturated carbocycles. The topological polar surface area (TPSA) is 57.4 Å². The van der Waals surface area contributed by atoms with E-state index in [4.69, 9.17) is 0 Å². The van der Waals surface area contributed by atoms with Gasteiger partial charge in [-0.25, -0.2) is 0 Å². The van der Waals surface area contributed by atoms with Gasteiger partial charge in [-0.2, -0.15) is 10.5 Å². The van der Waals surface area contributed by atoms with E-state index in [1.54, 1.807) is 0 Å². The number of aromatic nitrogens is 2. The first-order valence-corrected chi connectivity index (χ1v) is 14.6. The highest BCUT2D eigenvalue weighted by atomic mass is 15.0. The van der Waals surface area contributed by atoms with Crippen LogP contribution in [0.2, 0.25) is 0 Å². The van der Waals surface area contributed by atoms with Crippen molar-refractivity contribution < 1.29 is 0 Å². The normalized spacial score (nSPS) is 11.6. The summed E-state index contributed by atoms with van der Waals surface area (Å²) in [7, 11) is 0. The van der Waals surface area contributed by atoms with Gasteiger partial charge in [-0.05, 0) is 70.1 Å². The molecule has 4 nitrogen and oxygen atoms in total. The highest BCUT2D eigenvalue weighted by Crippen LogP contribution is 2.40. The first-order valence-electron chi connectivity index (χ1n) is 14.6. The molecule has 2 aromatic heterocycles. The molecule has 0 aliphatic rings. The number of nitrogens with zero attached hydrogens (tertiary/aromatic N) is 4. The molecule has 44 heavy (non-hydrogen) atoms. The Morgan fingerprint density at radius 1 is 0.409 bits per heavy atom. The van der Waals surface area contributed by atoms with Crippen molar-refractivity contribution in [1.82, 2.24) is 9.13 Å². The van der Waals surface area contributed by atoms with Gasteiger partial charge < -0.3 is 9.13 Å². The Balaban J connectivity index is 1.46. The summed E-state index contributed by atoms with van der Waals surface area (Å²) in [5.41, 5.74) is 6.20. The molecule has 202 valence electrons. The average Bonchev–Trinajstić information content (AvgIpc) is 3.57. The molecular formula is C40H22N4. The van der Waals surface area contributed by atoms with Crippen LogP contribution in [0.5, 0.6) is 0 Å². The third-order valence-electron chi connectivity index (χ3n) is 8.93. The van der Waals surface area contributed by atoms with Gasteiger partial charge in [-0.3, -0.25) is 0 Å². The molecule has 0 saturated heterocycles. The van der Waals surface area contributed by atoms with Crippen LogP contribution in [0.4, 0.5) is 0 Å². The van der Waals surface area contributed by atoms with Crippen LogP contribution >= 0.6 is 0 Å². The molecule has 9 rings (SSSR count). The molecule has 0 unspecified atom stereocenters. The smallest absolute Gasteiger partial charge is 0.104 e. The zero-order valence-electron chi connectivity index (χ0n) is 23.5. The number of benzene rings is 7. The fraction of sp³-hybridized carbons (Fsp3) is 0. The van der Waals surface area contributed by atoms with Crippen molar-refractivity contribution in [2.24, 2.45) is 0 Å². The quantitative estimate of drug-likeness (QED) is 0.212. The molecular weight excluding hydrogens is 536 g/mol. The number of nitriles is 2. The molecule has 0 amide bonds. The van der Waals surface area contributed by atoms with Gasteiger partial charge in [0, 0.05) is 21.5 Å². The lowest BCUT2D eigenvalue weighted by atomic mass is 10.0. The van der Waals surface area contributed by atoms with Crippen molar-refractivity contribution in [3.8, 4) is 23.5 Å². The van der Waals surface area contributed by atoms with Gasteiger partial charge in [0.2, 0.25) is 0 Å². The first kappa shape index (κ1) is 24.3. The summed E-state index contributed by atoms with van der Waals surface area (Å²) in [4.78, 5) is 0. The van der Waals surface area contributed by atoms with Crippen molar-refractivity contribution in [3.05, 3.63) is 145 Å². The molecule has 4 heteroatoms. The molecule has 0 fully saturated rings. The Morgan fingerprint density at radius 2 is 0.886 bits per heavy atom. The standard InChI is InChI=1S/C40H22N4/c41-23-29-17-18-37(43-35-15-7-5-13-30(35)32-19-25-9-1-3-11-27(25)21-38(32)43)34(24-42)40(29)44-36-16-8-6-14-31(36)33-20-26-10-2-4-12-28(26)22-39(33)44/h1-22H. The number of fused-ring (bicyclic) bond motifs is 8. The maximum absolute atomic E-state index is 11.0.